The minimum absolute atomic E-state index is 0.202. The van der Waals surface area contributed by atoms with Gasteiger partial charge in [0.25, 0.3) is 0 Å². The van der Waals surface area contributed by atoms with Gasteiger partial charge in [-0.25, -0.2) is 4.79 Å². The maximum absolute atomic E-state index is 12.4. The molecule has 7 heteroatoms. The lowest BCUT2D eigenvalue weighted by Gasteiger charge is -2.25. The number of ether oxygens (including phenoxy) is 1. The molecular weight excluding hydrogens is 406 g/mol. The Bertz CT molecular complexity index is 1230. The van der Waals surface area contributed by atoms with Crippen LogP contribution in [0.15, 0.2) is 35.4 Å². The van der Waals surface area contributed by atoms with Crippen LogP contribution < -0.4 is 10.2 Å². The summed E-state index contributed by atoms with van der Waals surface area (Å²) in [5, 5.41) is 16.3. The summed E-state index contributed by atoms with van der Waals surface area (Å²) in [5.74, 6) is 0.499. The SMILES string of the molecule is CC(C)C.CC1(C)Cc2c3c(cc(-c4ccn[nH]4)c2O1)-c1cc(=O)c(C(=O)O)cn1CC3. The molecule has 32 heavy (non-hydrogen) atoms. The average Bonchev–Trinajstić information content (AvgIpc) is 3.33. The number of pyridine rings is 1. The molecule has 0 saturated heterocycles. The van der Waals surface area contributed by atoms with E-state index < -0.39 is 11.4 Å². The second-order valence-electron chi connectivity index (χ2n) is 9.68. The fraction of sp³-hybridized carbons (Fsp3) is 0.400. The highest BCUT2D eigenvalue weighted by molar-refractivity contribution is 5.88. The van der Waals surface area contributed by atoms with E-state index in [0.29, 0.717) is 6.54 Å². The zero-order valence-corrected chi connectivity index (χ0v) is 19.2. The Morgan fingerprint density at radius 2 is 1.94 bits per heavy atom. The van der Waals surface area contributed by atoms with Crippen molar-refractivity contribution in [2.24, 2.45) is 5.92 Å². The third-order valence-corrected chi connectivity index (χ3v) is 5.51. The molecule has 0 unspecified atom stereocenters. The molecule has 2 aromatic heterocycles. The van der Waals surface area contributed by atoms with Crippen LogP contribution in [0.2, 0.25) is 0 Å². The smallest absolute Gasteiger partial charge is 0.341 e. The van der Waals surface area contributed by atoms with Crippen molar-refractivity contribution in [1.29, 1.82) is 0 Å². The number of H-pyrrole nitrogens is 1. The molecule has 0 amide bonds. The van der Waals surface area contributed by atoms with Gasteiger partial charge in [0.15, 0.2) is 5.43 Å². The molecular formula is C25H29N3O4. The quantitative estimate of drug-likeness (QED) is 0.616. The first-order chi connectivity index (χ1) is 15.1. The molecule has 0 saturated carbocycles. The standard InChI is InChI=1S/C21H19N3O4.C4H10/c1-21(2)9-14-11-4-6-24-10-15(20(26)27)18(25)8-17(24)12(11)7-13(19(14)28-21)16-3-5-22-23-16;1-4(2)3/h3,5,7-8,10H,4,6,9H2,1-2H3,(H,22,23)(H,26,27);4H,1-3H3. The van der Waals surface area contributed by atoms with Gasteiger partial charge in [-0.15, -0.1) is 0 Å². The number of nitrogens with zero attached hydrogens (tertiary/aromatic N) is 2. The second-order valence-corrected chi connectivity index (χ2v) is 9.68. The number of nitrogens with one attached hydrogen (secondary N) is 1. The summed E-state index contributed by atoms with van der Waals surface area (Å²) in [7, 11) is 0. The van der Waals surface area contributed by atoms with Gasteiger partial charge in [0.2, 0.25) is 0 Å². The molecule has 168 valence electrons. The predicted molar refractivity (Wildman–Crippen MR) is 123 cm³/mol. The van der Waals surface area contributed by atoms with E-state index in [9.17, 15) is 14.7 Å². The number of aromatic amines is 1. The van der Waals surface area contributed by atoms with Gasteiger partial charge in [0, 0.05) is 48.1 Å². The monoisotopic (exact) mass is 435 g/mol. The number of hydrogen-bond donors (Lipinski definition) is 2. The summed E-state index contributed by atoms with van der Waals surface area (Å²) in [6, 6.07) is 5.35. The van der Waals surface area contributed by atoms with Crippen molar-refractivity contribution in [2.75, 3.05) is 0 Å². The van der Waals surface area contributed by atoms with E-state index in [0.717, 1.165) is 52.6 Å². The number of hydrogen-bond acceptors (Lipinski definition) is 4. The van der Waals surface area contributed by atoms with E-state index in [2.05, 4.69) is 44.8 Å². The van der Waals surface area contributed by atoms with Gasteiger partial charge in [-0.2, -0.15) is 5.10 Å². The van der Waals surface area contributed by atoms with Gasteiger partial charge in [-0.05, 0) is 43.9 Å². The van der Waals surface area contributed by atoms with Crippen molar-refractivity contribution in [3.05, 3.63) is 57.5 Å². The van der Waals surface area contributed by atoms with Gasteiger partial charge in [0.1, 0.15) is 16.9 Å². The largest absolute Gasteiger partial charge is 0.487 e. The molecule has 0 bridgehead atoms. The zero-order chi connectivity index (χ0) is 23.2. The maximum atomic E-state index is 12.4. The number of aromatic carboxylic acids is 1. The van der Waals surface area contributed by atoms with Crippen LogP contribution in [0.1, 0.15) is 56.1 Å². The number of benzene rings is 1. The Balaban J connectivity index is 0.000000567. The molecule has 7 nitrogen and oxygen atoms in total. The van der Waals surface area contributed by atoms with Crippen molar-refractivity contribution in [3.8, 4) is 28.3 Å². The molecule has 2 aliphatic heterocycles. The molecule has 0 aliphatic carbocycles. The Hall–Kier alpha value is -3.35. The number of carboxylic acids is 1. The summed E-state index contributed by atoms with van der Waals surface area (Å²) < 4.78 is 8.14. The summed E-state index contributed by atoms with van der Waals surface area (Å²) in [6.07, 6.45) is 4.69. The molecule has 0 spiro atoms. The summed E-state index contributed by atoms with van der Waals surface area (Å²) in [6.45, 7) is 11.3. The Morgan fingerprint density at radius 3 is 2.56 bits per heavy atom. The molecule has 2 N–H and O–H groups in total. The van der Waals surface area contributed by atoms with Crippen LogP contribution >= 0.6 is 0 Å². The minimum Gasteiger partial charge on any atom is -0.487 e. The number of aryl methyl sites for hydroxylation is 1. The average molecular weight is 436 g/mol. The number of aromatic nitrogens is 3. The molecule has 0 fully saturated rings. The molecule has 0 atom stereocenters. The first-order valence-electron chi connectivity index (χ1n) is 10.9. The van der Waals surface area contributed by atoms with E-state index in [1.54, 1.807) is 6.20 Å². The Morgan fingerprint density at radius 1 is 1.22 bits per heavy atom. The summed E-state index contributed by atoms with van der Waals surface area (Å²) in [4.78, 5) is 23.7. The summed E-state index contributed by atoms with van der Waals surface area (Å²) in [5.41, 5.74) is 4.78. The van der Waals surface area contributed by atoms with Gasteiger partial charge in [-0.3, -0.25) is 9.89 Å². The lowest BCUT2D eigenvalue weighted by Crippen LogP contribution is -2.25. The molecule has 2 aliphatic rings. The first-order valence-corrected chi connectivity index (χ1v) is 10.9. The van der Waals surface area contributed by atoms with E-state index in [1.165, 1.54) is 17.8 Å². The highest BCUT2D eigenvalue weighted by Gasteiger charge is 2.37. The van der Waals surface area contributed by atoms with Gasteiger partial charge < -0.3 is 14.4 Å². The lowest BCUT2D eigenvalue weighted by molar-refractivity contribution is 0.0694. The number of rotatable bonds is 2. The molecule has 1 aromatic carbocycles. The van der Waals surface area contributed by atoms with Crippen LogP contribution in [0, 0.1) is 5.92 Å². The van der Waals surface area contributed by atoms with Crippen molar-refractivity contribution in [2.45, 2.75) is 59.6 Å². The molecule has 0 radical (unpaired) electrons. The number of carbonyl (C=O) groups is 1. The van der Waals surface area contributed by atoms with Crippen molar-refractivity contribution in [3.63, 3.8) is 0 Å². The maximum Gasteiger partial charge on any atom is 0.341 e. The topological polar surface area (TPSA) is 97.2 Å². The van der Waals surface area contributed by atoms with Crippen LogP contribution in [0.3, 0.4) is 0 Å². The summed E-state index contributed by atoms with van der Waals surface area (Å²) >= 11 is 0. The minimum atomic E-state index is -1.20. The highest BCUT2D eigenvalue weighted by Crippen LogP contribution is 2.48. The van der Waals surface area contributed by atoms with Crippen LogP contribution in [-0.2, 0) is 19.4 Å². The third kappa shape index (κ3) is 3.95. The van der Waals surface area contributed by atoms with Gasteiger partial charge in [-0.1, -0.05) is 20.8 Å². The Labute approximate surface area is 187 Å². The zero-order valence-electron chi connectivity index (χ0n) is 19.2. The van der Waals surface area contributed by atoms with Gasteiger partial charge in [0.05, 0.1) is 11.4 Å². The fourth-order valence-electron chi connectivity index (χ4n) is 4.31. The van der Waals surface area contributed by atoms with Crippen LogP contribution in [0.5, 0.6) is 5.75 Å². The lowest BCUT2D eigenvalue weighted by atomic mass is 9.86. The Kier molecular flexibility index (Phi) is 5.44. The van der Waals surface area contributed by atoms with Crippen molar-refractivity contribution in [1.82, 2.24) is 14.8 Å². The van der Waals surface area contributed by atoms with E-state index >= 15 is 0 Å². The second kappa shape index (κ2) is 7.97. The van der Waals surface area contributed by atoms with Crippen LogP contribution in [0.25, 0.3) is 22.5 Å². The van der Waals surface area contributed by atoms with Crippen LogP contribution in [0.4, 0.5) is 0 Å². The first kappa shape index (κ1) is 21.9. The van der Waals surface area contributed by atoms with E-state index in [-0.39, 0.29) is 11.2 Å². The van der Waals surface area contributed by atoms with Crippen molar-refractivity contribution >= 4 is 5.97 Å². The highest BCUT2D eigenvalue weighted by atomic mass is 16.5. The number of fused-ring (bicyclic) bond motifs is 5. The van der Waals surface area contributed by atoms with Crippen molar-refractivity contribution < 1.29 is 14.6 Å². The van der Waals surface area contributed by atoms with E-state index in [1.807, 2.05) is 16.7 Å². The third-order valence-electron chi connectivity index (χ3n) is 5.51. The van der Waals surface area contributed by atoms with Gasteiger partial charge >= 0.3 is 5.97 Å². The van der Waals surface area contributed by atoms with Crippen LogP contribution in [-0.4, -0.2) is 31.4 Å². The fourth-order valence-corrected chi connectivity index (χ4v) is 4.31. The molecule has 5 rings (SSSR count). The van der Waals surface area contributed by atoms with E-state index in [4.69, 9.17) is 4.74 Å². The normalized spacial score (nSPS) is 15.2. The molecule has 3 aromatic rings. The number of carboxylic acid groups (broad SMARTS) is 1. The predicted octanol–water partition coefficient (Wildman–Crippen LogP) is 4.54. The molecule has 4 heterocycles.